The number of benzene rings is 1. The molecular weight excluding hydrogens is 286 g/mol. The van der Waals surface area contributed by atoms with Crippen LogP contribution in [-0.4, -0.2) is 20.2 Å². The van der Waals surface area contributed by atoms with E-state index in [1.165, 1.54) is 10.7 Å². The Balaban J connectivity index is 2.36. The van der Waals surface area contributed by atoms with Crippen molar-refractivity contribution in [2.45, 2.75) is 6.54 Å². The molecule has 15 heavy (non-hydrogen) atoms. The van der Waals surface area contributed by atoms with Crippen LogP contribution in [-0.2, 0) is 6.54 Å². The number of halogens is 3. The van der Waals surface area contributed by atoms with Crippen LogP contribution in [0.25, 0.3) is 0 Å². The molecule has 7 heteroatoms. The van der Waals surface area contributed by atoms with Crippen LogP contribution in [0.3, 0.4) is 0 Å². The molecule has 0 fully saturated rings. The van der Waals surface area contributed by atoms with Gasteiger partial charge in [-0.3, -0.25) is 0 Å². The highest BCUT2D eigenvalue weighted by Crippen LogP contribution is 2.20. The van der Waals surface area contributed by atoms with E-state index >= 15 is 0 Å². The van der Waals surface area contributed by atoms with Crippen molar-refractivity contribution in [1.29, 1.82) is 0 Å². The highest BCUT2D eigenvalue weighted by Gasteiger charge is 2.10. The van der Waals surface area contributed by atoms with Gasteiger partial charge in [-0.05, 0) is 38.5 Å². The van der Waals surface area contributed by atoms with Crippen LogP contribution in [0.2, 0.25) is 5.02 Å². The molecule has 0 amide bonds. The van der Waals surface area contributed by atoms with Gasteiger partial charge < -0.3 is 0 Å². The fourth-order valence-electron chi connectivity index (χ4n) is 1.12. The molecule has 0 aliphatic carbocycles. The Morgan fingerprint density at radius 1 is 1.47 bits per heavy atom. The predicted molar refractivity (Wildman–Crippen MR) is 56.0 cm³/mol. The number of aromatic nitrogens is 4. The van der Waals surface area contributed by atoms with E-state index in [-0.39, 0.29) is 12.4 Å². The lowest BCUT2D eigenvalue weighted by atomic mass is 10.2. The Morgan fingerprint density at radius 3 is 2.87 bits per heavy atom. The Kier molecular flexibility index (Phi) is 2.97. The van der Waals surface area contributed by atoms with Gasteiger partial charge in [0.05, 0.1) is 6.54 Å². The molecule has 2 rings (SSSR count). The number of rotatable bonds is 2. The Labute approximate surface area is 98.2 Å². The summed E-state index contributed by atoms with van der Waals surface area (Å²) in [5.74, 6) is -0.370. The largest absolute Gasteiger partial charge is 0.218 e. The van der Waals surface area contributed by atoms with E-state index in [9.17, 15) is 4.39 Å². The Morgan fingerprint density at radius 2 is 2.27 bits per heavy atom. The maximum absolute atomic E-state index is 13.4. The van der Waals surface area contributed by atoms with Crippen LogP contribution in [0.5, 0.6) is 0 Å². The van der Waals surface area contributed by atoms with E-state index in [4.69, 9.17) is 11.6 Å². The first kappa shape index (κ1) is 10.5. The first-order valence-corrected chi connectivity index (χ1v) is 5.20. The summed E-state index contributed by atoms with van der Waals surface area (Å²) in [6.45, 7) is 0.194. The van der Waals surface area contributed by atoms with E-state index in [1.54, 1.807) is 12.1 Å². The predicted octanol–water partition coefficient (Wildman–Crippen LogP) is 2.28. The molecule has 0 N–H and O–H groups in total. The zero-order valence-electron chi connectivity index (χ0n) is 7.36. The first-order chi connectivity index (χ1) is 7.18. The van der Waals surface area contributed by atoms with E-state index in [2.05, 4.69) is 31.5 Å². The van der Waals surface area contributed by atoms with Crippen molar-refractivity contribution in [2.75, 3.05) is 0 Å². The highest BCUT2D eigenvalue weighted by molar-refractivity contribution is 9.10. The molecule has 0 unspecified atom stereocenters. The van der Waals surface area contributed by atoms with Crippen molar-refractivity contribution < 1.29 is 4.39 Å². The van der Waals surface area contributed by atoms with Crippen LogP contribution >= 0.6 is 27.5 Å². The van der Waals surface area contributed by atoms with Crippen molar-refractivity contribution in [2.24, 2.45) is 0 Å². The monoisotopic (exact) mass is 290 g/mol. The first-order valence-electron chi connectivity index (χ1n) is 4.03. The molecule has 4 nitrogen and oxygen atoms in total. The summed E-state index contributed by atoms with van der Waals surface area (Å²) in [6.07, 6.45) is 0. The Hall–Kier alpha value is -1.01. The number of hydrogen-bond donors (Lipinski definition) is 0. The van der Waals surface area contributed by atoms with Gasteiger partial charge in [0.15, 0.2) is 0 Å². The van der Waals surface area contributed by atoms with Gasteiger partial charge in [0.1, 0.15) is 5.82 Å². The van der Waals surface area contributed by atoms with Crippen LogP contribution < -0.4 is 0 Å². The SMILES string of the molecule is Fc1cccc(Cl)c1Cn1nnnc1Br. The molecule has 0 atom stereocenters. The van der Waals surface area contributed by atoms with E-state index < -0.39 is 0 Å². The summed E-state index contributed by atoms with van der Waals surface area (Å²) in [5, 5.41) is 11.1. The van der Waals surface area contributed by atoms with Crippen molar-refractivity contribution in [3.05, 3.63) is 39.3 Å². The molecule has 1 aromatic heterocycles. The molecule has 0 aliphatic rings. The standard InChI is InChI=1S/C8H5BrClFN4/c9-8-12-13-14-15(8)4-5-6(10)2-1-3-7(5)11/h1-3H,4H2. The van der Waals surface area contributed by atoms with Gasteiger partial charge in [-0.1, -0.05) is 17.7 Å². The lowest BCUT2D eigenvalue weighted by Gasteiger charge is -2.05. The normalized spacial score (nSPS) is 10.6. The van der Waals surface area contributed by atoms with Gasteiger partial charge >= 0.3 is 0 Å². The maximum atomic E-state index is 13.4. The van der Waals surface area contributed by atoms with Gasteiger partial charge in [0.25, 0.3) is 0 Å². The molecule has 1 heterocycles. The minimum absolute atomic E-state index is 0.194. The quantitative estimate of drug-likeness (QED) is 0.852. The van der Waals surface area contributed by atoms with Gasteiger partial charge in [0, 0.05) is 10.6 Å². The molecule has 78 valence electrons. The third kappa shape index (κ3) is 2.15. The molecule has 0 saturated carbocycles. The van der Waals surface area contributed by atoms with Crippen molar-refractivity contribution in [3.8, 4) is 0 Å². The molecular formula is C8H5BrClFN4. The van der Waals surface area contributed by atoms with Gasteiger partial charge in [0.2, 0.25) is 4.73 Å². The minimum Gasteiger partial charge on any atom is -0.215 e. The number of nitrogens with zero attached hydrogens (tertiary/aromatic N) is 4. The lowest BCUT2D eigenvalue weighted by molar-refractivity contribution is 0.573. The second kappa shape index (κ2) is 4.24. The zero-order valence-corrected chi connectivity index (χ0v) is 9.70. The smallest absolute Gasteiger partial charge is 0.215 e. The second-order valence-electron chi connectivity index (χ2n) is 2.81. The van der Waals surface area contributed by atoms with Crippen LogP contribution in [0.4, 0.5) is 4.39 Å². The van der Waals surface area contributed by atoms with Crippen molar-refractivity contribution >= 4 is 27.5 Å². The highest BCUT2D eigenvalue weighted by atomic mass is 79.9. The summed E-state index contributed by atoms with van der Waals surface area (Å²) < 4.78 is 15.2. The third-order valence-corrected chi connectivity index (χ3v) is 2.78. The van der Waals surface area contributed by atoms with Crippen LogP contribution in [0, 0.1) is 5.82 Å². The summed E-state index contributed by atoms with van der Waals surface area (Å²) in [6, 6.07) is 4.52. The average Bonchev–Trinajstić information content (AvgIpc) is 2.58. The molecule has 0 saturated heterocycles. The molecule has 0 aliphatic heterocycles. The Bertz CT molecular complexity index is 467. The molecule has 0 radical (unpaired) electrons. The average molecular weight is 292 g/mol. The lowest BCUT2D eigenvalue weighted by Crippen LogP contribution is -2.05. The number of tetrazole rings is 1. The van der Waals surface area contributed by atoms with E-state index in [1.807, 2.05) is 0 Å². The van der Waals surface area contributed by atoms with Crippen molar-refractivity contribution in [3.63, 3.8) is 0 Å². The van der Waals surface area contributed by atoms with Gasteiger partial charge in [-0.2, -0.15) is 0 Å². The molecule has 0 bridgehead atoms. The maximum Gasteiger partial charge on any atom is 0.218 e. The summed E-state index contributed by atoms with van der Waals surface area (Å²) in [5.41, 5.74) is 0.368. The summed E-state index contributed by atoms with van der Waals surface area (Å²) >= 11 is 9.00. The van der Waals surface area contributed by atoms with Crippen LogP contribution in [0.15, 0.2) is 22.9 Å². The number of hydrogen-bond acceptors (Lipinski definition) is 3. The molecule has 0 spiro atoms. The molecule has 1 aromatic carbocycles. The second-order valence-corrected chi connectivity index (χ2v) is 3.92. The summed E-state index contributed by atoms with van der Waals surface area (Å²) in [7, 11) is 0. The van der Waals surface area contributed by atoms with E-state index in [0.717, 1.165) is 0 Å². The van der Waals surface area contributed by atoms with Crippen molar-refractivity contribution in [1.82, 2.24) is 20.2 Å². The third-order valence-electron chi connectivity index (χ3n) is 1.86. The zero-order chi connectivity index (χ0) is 10.8. The van der Waals surface area contributed by atoms with Gasteiger partial charge in [-0.15, -0.1) is 5.10 Å². The van der Waals surface area contributed by atoms with Gasteiger partial charge in [-0.25, -0.2) is 9.07 Å². The fourth-order valence-corrected chi connectivity index (χ4v) is 1.61. The van der Waals surface area contributed by atoms with E-state index in [0.29, 0.717) is 15.3 Å². The minimum atomic E-state index is -0.370. The van der Waals surface area contributed by atoms with Crippen LogP contribution in [0.1, 0.15) is 5.56 Å². The fraction of sp³-hybridized carbons (Fsp3) is 0.125. The topological polar surface area (TPSA) is 43.6 Å². The summed E-state index contributed by atoms with van der Waals surface area (Å²) in [4.78, 5) is 0. The molecule has 2 aromatic rings.